The minimum absolute atomic E-state index is 0.128. The first-order valence-corrected chi connectivity index (χ1v) is 5.22. The zero-order valence-electron chi connectivity index (χ0n) is 10.5. The first kappa shape index (κ1) is 14.1. The fourth-order valence-corrected chi connectivity index (χ4v) is 1.28. The number of aliphatic imine (C=N–C) groups is 1. The van der Waals surface area contributed by atoms with E-state index in [1.54, 1.807) is 30.3 Å². The molecule has 6 heteroatoms. The fraction of sp³-hybridized carbons (Fsp3) is 0.154. The van der Waals surface area contributed by atoms with Crippen LogP contribution in [0, 0.1) is 22.7 Å². The van der Waals surface area contributed by atoms with Gasteiger partial charge in [-0.3, -0.25) is 0 Å². The molecule has 1 aromatic rings. The molecule has 0 radical (unpaired) electrons. The van der Waals surface area contributed by atoms with E-state index in [0.717, 1.165) is 0 Å². The third-order valence-electron chi connectivity index (χ3n) is 2.23. The van der Waals surface area contributed by atoms with Crippen LogP contribution in [0.1, 0.15) is 5.56 Å². The van der Waals surface area contributed by atoms with Gasteiger partial charge in [-0.25, -0.2) is 4.99 Å². The molecule has 1 rings (SSSR count). The van der Waals surface area contributed by atoms with Crippen LogP contribution in [0.2, 0.25) is 0 Å². The molecule has 0 saturated carbocycles. The molecule has 0 aliphatic carbocycles. The van der Waals surface area contributed by atoms with Gasteiger partial charge >= 0.3 is 0 Å². The van der Waals surface area contributed by atoms with Gasteiger partial charge in [0.2, 0.25) is 0 Å². The Labute approximate surface area is 111 Å². The van der Waals surface area contributed by atoms with Crippen LogP contribution in [0.4, 0.5) is 0 Å². The third kappa shape index (κ3) is 3.48. The second-order valence-electron chi connectivity index (χ2n) is 3.36. The van der Waals surface area contributed by atoms with Crippen molar-refractivity contribution in [3.05, 3.63) is 35.2 Å². The molecule has 0 aromatic heterocycles. The van der Waals surface area contributed by atoms with E-state index in [9.17, 15) is 0 Å². The smallest absolute Gasteiger partial charge is 0.174 e. The number of benzene rings is 1. The highest BCUT2D eigenvalue weighted by Crippen LogP contribution is 2.26. The van der Waals surface area contributed by atoms with Gasteiger partial charge in [-0.05, 0) is 23.8 Å². The topological polar surface area (TPSA) is 104 Å². The predicted molar refractivity (Wildman–Crippen MR) is 69.6 cm³/mol. The summed E-state index contributed by atoms with van der Waals surface area (Å²) in [5.74, 6) is 1.13. The molecule has 0 fully saturated rings. The standard InChI is InChI=1S/C13H12N4O2/c1-18-12-4-3-9(5-13(12)19-2)8-17-11(7-15)10(16)6-14/h3-5,8H,16H2,1-2H3/b11-10-,17-8?. The van der Waals surface area contributed by atoms with Crippen LogP contribution >= 0.6 is 0 Å². The van der Waals surface area contributed by atoms with Gasteiger partial charge in [0.25, 0.3) is 0 Å². The number of nitrogens with two attached hydrogens (primary N) is 1. The Morgan fingerprint density at radius 2 is 1.89 bits per heavy atom. The Kier molecular flexibility index (Phi) is 4.94. The lowest BCUT2D eigenvalue weighted by Crippen LogP contribution is -1.98. The highest BCUT2D eigenvalue weighted by molar-refractivity contribution is 5.82. The summed E-state index contributed by atoms with van der Waals surface area (Å²) in [4.78, 5) is 3.86. The van der Waals surface area contributed by atoms with Gasteiger partial charge in [-0.1, -0.05) is 0 Å². The van der Waals surface area contributed by atoms with Crippen molar-refractivity contribution < 1.29 is 9.47 Å². The molecule has 0 aliphatic heterocycles. The van der Waals surface area contributed by atoms with E-state index in [-0.39, 0.29) is 11.4 Å². The lowest BCUT2D eigenvalue weighted by atomic mass is 10.2. The molecule has 0 spiro atoms. The van der Waals surface area contributed by atoms with E-state index in [1.807, 2.05) is 0 Å². The minimum Gasteiger partial charge on any atom is -0.493 e. The maximum absolute atomic E-state index is 8.79. The number of nitrogens with zero attached hydrogens (tertiary/aromatic N) is 3. The van der Waals surface area contributed by atoms with Crippen molar-refractivity contribution >= 4 is 6.21 Å². The van der Waals surface area contributed by atoms with Gasteiger partial charge in [-0.15, -0.1) is 0 Å². The second kappa shape index (κ2) is 6.67. The summed E-state index contributed by atoms with van der Waals surface area (Å²) in [6, 6.07) is 8.57. The van der Waals surface area contributed by atoms with E-state index in [4.69, 9.17) is 25.7 Å². The number of ether oxygens (including phenoxy) is 2. The van der Waals surface area contributed by atoms with E-state index in [1.165, 1.54) is 20.4 Å². The number of nitriles is 2. The molecule has 19 heavy (non-hydrogen) atoms. The van der Waals surface area contributed by atoms with Gasteiger partial charge < -0.3 is 15.2 Å². The lowest BCUT2D eigenvalue weighted by molar-refractivity contribution is 0.355. The highest BCUT2D eigenvalue weighted by atomic mass is 16.5. The average Bonchev–Trinajstić information content (AvgIpc) is 2.47. The molecular weight excluding hydrogens is 244 g/mol. The van der Waals surface area contributed by atoms with Gasteiger partial charge in [0, 0.05) is 6.21 Å². The maximum Gasteiger partial charge on any atom is 0.174 e. The summed E-state index contributed by atoms with van der Waals surface area (Å²) >= 11 is 0. The molecule has 1 aromatic carbocycles. The third-order valence-corrected chi connectivity index (χ3v) is 2.23. The summed E-state index contributed by atoms with van der Waals surface area (Å²) in [7, 11) is 3.06. The second-order valence-corrected chi connectivity index (χ2v) is 3.36. The van der Waals surface area contributed by atoms with Gasteiger partial charge in [-0.2, -0.15) is 10.5 Å². The summed E-state index contributed by atoms with van der Waals surface area (Å²) in [5.41, 5.74) is 5.67. The normalized spacial score (nSPS) is 11.4. The molecule has 0 saturated heterocycles. The average molecular weight is 256 g/mol. The fourth-order valence-electron chi connectivity index (χ4n) is 1.28. The summed E-state index contributed by atoms with van der Waals surface area (Å²) in [5, 5.41) is 17.4. The quantitative estimate of drug-likeness (QED) is 0.646. The molecular formula is C13H12N4O2. The van der Waals surface area contributed by atoms with Crippen LogP contribution in [0.3, 0.4) is 0 Å². The van der Waals surface area contributed by atoms with Gasteiger partial charge in [0.05, 0.1) is 14.2 Å². The van der Waals surface area contributed by atoms with Crippen LogP contribution in [-0.4, -0.2) is 20.4 Å². The van der Waals surface area contributed by atoms with Crippen LogP contribution in [0.25, 0.3) is 0 Å². The lowest BCUT2D eigenvalue weighted by Gasteiger charge is -2.07. The zero-order valence-corrected chi connectivity index (χ0v) is 10.5. The Bertz CT molecular complexity index is 606. The maximum atomic E-state index is 8.79. The Hall–Kier alpha value is -2.99. The molecule has 0 amide bonds. The van der Waals surface area contributed by atoms with Gasteiger partial charge in [0.15, 0.2) is 17.2 Å². The van der Waals surface area contributed by atoms with Crippen molar-refractivity contribution in [1.82, 2.24) is 0 Å². The van der Waals surface area contributed by atoms with Crippen molar-refractivity contribution in [2.45, 2.75) is 0 Å². The van der Waals surface area contributed by atoms with Crippen molar-refractivity contribution in [3.8, 4) is 23.6 Å². The number of rotatable bonds is 4. The monoisotopic (exact) mass is 256 g/mol. The number of hydrogen-bond donors (Lipinski definition) is 1. The Morgan fingerprint density at radius 3 is 2.42 bits per heavy atom. The highest BCUT2D eigenvalue weighted by Gasteiger charge is 2.04. The summed E-state index contributed by atoms with van der Waals surface area (Å²) < 4.78 is 10.2. The summed E-state index contributed by atoms with van der Waals surface area (Å²) in [6.45, 7) is 0. The molecule has 6 nitrogen and oxygen atoms in total. The van der Waals surface area contributed by atoms with E-state index >= 15 is 0 Å². The van der Waals surface area contributed by atoms with Crippen LogP contribution in [0.15, 0.2) is 34.6 Å². The number of allylic oxidation sites excluding steroid dienone is 2. The molecule has 0 bridgehead atoms. The van der Waals surface area contributed by atoms with Crippen molar-refractivity contribution in [2.75, 3.05) is 14.2 Å². The molecule has 0 atom stereocenters. The SMILES string of the molecule is COc1ccc(C=N/C(C#N)=C(\N)C#N)cc1OC. The minimum atomic E-state index is -0.223. The summed E-state index contributed by atoms with van der Waals surface area (Å²) in [6.07, 6.45) is 1.42. The first-order chi connectivity index (χ1) is 9.15. The first-order valence-electron chi connectivity index (χ1n) is 5.22. The zero-order chi connectivity index (χ0) is 14.3. The van der Waals surface area contributed by atoms with E-state index < -0.39 is 0 Å². The Balaban J connectivity index is 3.08. The number of hydrogen-bond acceptors (Lipinski definition) is 6. The van der Waals surface area contributed by atoms with Crippen molar-refractivity contribution in [2.24, 2.45) is 10.7 Å². The Morgan fingerprint density at radius 1 is 1.21 bits per heavy atom. The molecule has 0 heterocycles. The largest absolute Gasteiger partial charge is 0.493 e. The molecule has 96 valence electrons. The van der Waals surface area contributed by atoms with Crippen LogP contribution in [-0.2, 0) is 0 Å². The van der Waals surface area contributed by atoms with Crippen molar-refractivity contribution in [3.63, 3.8) is 0 Å². The molecule has 0 aliphatic rings. The van der Waals surface area contributed by atoms with Gasteiger partial charge in [0.1, 0.15) is 17.8 Å². The van der Waals surface area contributed by atoms with E-state index in [2.05, 4.69) is 4.99 Å². The van der Waals surface area contributed by atoms with Crippen LogP contribution < -0.4 is 15.2 Å². The van der Waals surface area contributed by atoms with E-state index in [0.29, 0.717) is 17.1 Å². The molecule has 2 N–H and O–H groups in total. The van der Waals surface area contributed by atoms with Crippen molar-refractivity contribution in [1.29, 1.82) is 10.5 Å². The predicted octanol–water partition coefficient (Wildman–Crippen LogP) is 1.34. The number of methoxy groups -OCH3 is 2. The van der Waals surface area contributed by atoms with Crippen LogP contribution in [0.5, 0.6) is 11.5 Å². The molecule has 0 unspecified atom stereocenters.